The van der Waals surface area contributed by atoms with Crippen molar-refractivity contribution in [3.05, 3.63) is 70.8 Å². The highest BCUT2D eigenvalue weighted by molar-refractivity contribution is 5.92. The molecule has 2 aromatic carbocycles. The minimum atomic E-state index is 0.0495. The standard InChI is InChI=1S/C21H21NO2/c1-22(19-9-8-16-4-2-3-5-18(16)19)21(23)11-7-15-6-10-20-17(14-15)12-13-24-20/h2-7,10-11,14,19H,8-9,12-13H2,1H3/b11-7+. The summed E-state index contributed by atoms with van der Waals surface area (Å²) >= 11 is 0. The van der Waals surface area contributed by atoms with E-state index in [1.165, 1.54) is 16.7 Å². The summed E-state index contributed by atoms with van der Waals surface area (Å²) in [7, 11) is 1.90. The van der Waals surface area contributed by atoms with Crippen molar-refractivity contribution < 1.29 is 9.53 Å². The molecule has 0 saturated heterocycles. The van der Waals surface area contributed by atoms with Crippen molar-refractivity contribution in [2.75, 3.05) is 13.7 Å². The molecule has 1 heterocycles. The lowest BCUT2D eigenvalue weighted by molar-refractivity contribution is -0.126. The molecular weight excluding hydrogens is 298 g/mol. The molecular formula is C21H21NO2. The molecule has 2 aromatic rings. The number of amides is 1. The van der Waals surface area contributed by atoms with Crippen molar-refractivity contribution in [1.29, 1.82) is 0 Å². The maximum atomic E-state index is 12.6. The molecule has 4 rings (SSSR count). The molecule has 1 atom stereocenters. The Morgan fingerprint density at radius 2 is 2.04 bits per heavy atom. The SMILES string of the molecule is CN(C(=O)/C=C/c1ccc2c(c1)CCO2)C1CCc2ccccc21. The van der Waals surface area contributed by atoms with Crippen LogP contribution in [-0.2, 0) is 17.6 Å². The number of ether oxygens (including phenoxy) is 1. The molecule has 0 N–H and O–H groups in total. The third-order valence-electron chi connectivity index (χ3n) is 5.05. The van der Waals surface area contributed by atoms with Crippen LogP contribution in [-0.4, -0.2) is 24.5 Å². The van der Waals surface area contributed by atoms with E-state index in [-0.39, 0.29) is 11.9 Å². The average molecular weight is 319 g/mol. The number of rotatable bonds is 3. The Labute approximate surface area is 142 Å². The van der Waals surface area contributed by atoms with Crippen molar-refractivity contribution >= 4 is 12.0 Å². The zero-order chi connectivity index (χ0) is 16.5. The zero-order valence-corrected chi connectivity index (χ0v) is 13.9. The molecule has 3 nitrogen and oxygen atoms in total. The molecule has 1 amide bonds. The molecule has 1 aliphatic carbocycles. The summed E-state index contributed by atoms with van der Waals surface area (Å²) in [6.45, 7) is 0.755. The van der Waals surface area contributed by atoms with Crippen LogP contribution in [0.3, 0.4) is 0 Å². The molecule has 0 radical (unpaired) electrons. The monoisotopic (exact) mass is 319 g/mol. The quantitative estimate of drug-likeness (QED) is 0.806. The second-order valence-electron chi connectivity index (χ2n) is 6.50. The van der Waals surface area contributed by atoms with Gasteiger partial charge in [-0.05, 0) is 53.3 Å². The number of nitrogens with zero attached hydrogens (tertiary/aromatic N) is 1. The Bertz CT molecular complexity index is 809. The smallest absolute Gasteiger partial charge is 0.246 e. The Morgan fingerprint density at radius 1 is 1.17 bits per heavy atom. The van der Waals surface area contributed by atoms with E-state index in [4.69, 9.17) is 4.74 Å². The number of aryl methyl sites for hydroxylation is 1. The first kappa shape index (κ1) is 15.0. The topological polar surface area (TPSA) is 29.5 Å². The van der Waals surface area contributed by atoms with E-state index >= 15 is 0 Å². The predicted molar refractivity (Wildman–Crippen MR) is 94.9 cm³/mol. The molecule has 0 bridgehead atoms. The van der Waals surface area contributed by atoms with E-state index in [0.29, 0.717) is 0 Å². The van der Waals surface area contributed by atoms with Gasteiger partial charge in [-0.3, -0.25) is 4.79 Å². The molecule has 24 heavy (non-hydrogen) atoms. The molecule has 1 unspecified atom stereocenters. The van der Waals surface area contributed by atoms with Crippen LogP contribution in [0.25, 0.3) is 6.08 Å². The number of hydrogen-bond donors (Lipinski definition) is 0. The van der Waals surface area contributed by atoms with Gasteiger partial charge in [-0.15, -0.1) is 0 Å². The van der Waals surface area contributed by atoms with E-state index in [1.807, 2.05) is 30.2 Å². The van der Waals surface area contributed by atoms with Gasteiger partial charge >= 0.3 is 0 Å². The Morgan fingerprint density at radius 3 is 2.96 bits per heavy atom. The van der Waals surface area contributed by atoms with Crippen LogP contribution >= 0.6 is 0 Å². The summed E-state index contributed by atoms with van der Waals surface area (Å²) in [5, 5.41) is 0. The summed E-state index contributed by atoms with van der Waals surface area (Å²) in [5.74, 6) is 1.02. The second-order valence-corrected chi connectivity index (χ2v) is 6.50. The maximum absolute atomic E-state index is 12.6. The number of benzene rings is 2. The third-order valence-corrected chi connectivity index (χ3v) is 5.05. The van der Waals surface area contributed by atoms with Crippen molar-refractivity contribution in [2.45, 2.75) is 25.3 Å². The maximum Gasteiger partial charge on any atom is 0.246 e. The highest BCUT2D eigenvalue weighted by Crippen LogP contribution is 2.35. The average Bonchev–Trinajstić information content (AvgIpc) is 3.25. The van der Waals surface area contributed by atoms with Crippen molar-refractivity contribution in [3.8, 4) is 5.75 Å². The largest absolute Gasteiger partial charge is 0.493 e. The first-order valence-electron chi connectivity index (χ1n) is 8.51. The number of carbonyl (C=O) groups is 1. The van der Waals surface area contributed by atoms with E-state index in [2.05, 4.69) is 30.3 Å². The van der Waals surface area contributed by atoms with Crippen LogP contribution in [0.1, 0.15) is 34.7 Å². The number of likely N-dealkylation sites (N-methyl/N-ethyl adjacent to an activating group) is 1. The minimum Gasteiger partial charge on any atom is -0.493 e. The van der Waals surface area contributed by atoms with Crippen LogP contribution in [0.15, 0.2) is 48.5 Å². The summed E-state index contributed by atoms with van der Waals surface area (Å²) in [6, 6.07) is 14.7. The van der Waals surface area contributed by atoms with Crippen molar-refractivity contribution in [1.82, 2.24) is 4.90 Å². The fourth-order valence-electron chi connectivity index (χ4n) is 3.69. The van der Waals surface area contributed by atoms with Gasteiger partial charge in [0.25, 0.3) is 0 Å². The van der Waals surface area contributed by atoms with Gasteiger partial charge in [0, 0.05) is 19.5 Å². The molecule has 0 fully saturated rings. The Balaban J connectivity index is 1.48. The van der Waals surface area contributed by atoms with Crippen LogP contribution in [0.4, 0.5) is 0 Å². The molecule has 2 aliphatic rings. The highest BCUT2D eigenvalue weighted by atomic mass is 16.5. The fraction of sp³-hybridized carbons (Fsp3) is 0.286. The lowest BCUT2D eigenvalue weighted by Crippen LogP contribution is -2.28. The second kappa shape index (κ2) is 6.16. The van der Waals surface area contributed by atoms with Gasteiger partial charge in [-0.25, -0.2) is 0 Å². The van der Waals surface area contributed by atoms with Crippen LogP contribution in [0.2, 0.25) is 0 Å². The van der Waals surface area contributed by atoms with Gasteiger partial charge < -0.3 is 9.64 Å². The molecule has 1 aliphatic heterocycles. The fourth-order valence-corrected chi connectivity index (χ4v) is 3.69. The normalized spacial score (nSPS) is 18.3. The highest BCUT2D eigenvalue weighted by Gasteiger charge is 2.27. The van der Waals surface area contributed by atoms with Crippen LogP contribution in [0.5, 0.6) is 5.75 Å². The van der Waals surface area contributed by atoms with Gasteiger partial charge in [-0.1, -0.05) is 30.3 Å². The van der Waals surface area contributed by atoms with E-state index in [1.54, 1.807) is 6.08 Å². The first-order valence-corrected chi connectivity index (χ1v) is 8.51. The van der Waals surface area contributed by atoms with E-state index < -0.39 is 0 Å². The molecule has 3 heteroatoms. The summed E-state index contributed by atoms with van der Waals surface area (Å²) < 4.78 is 5.52. The minimum absolute atomic E-state index is 0.0495. The van der Waals surface area contributed by atoms with Crippen LogP contribution < -0.4 is 4.74 Å². The van der Waals surface area contributed by atoms with Gasteiger partial charge in [0.2, 0.25) is 5.91 Å². The van der Waals surface area contributed by atoms with E-state index in [0.717, 1.165) is 37.2 Å². The number of hydrogen-bond acceptors (Lipinski definition) is 2. The van der Waals surface area contributed by atoms with Gasteiger partial charge in [0.05, 0.1) is 12.6 Å². The van der Waals surface area contributed by atoms with Crippen molar-refractivity contribution in [3.63, 3.8) is 0 Å². The van der Waals surface area contributed by atoms with Gasteiger partial charge in [-0.2, -0.15) is 0 Å². The summed E-state index contributed by atoms with van der Waals surface area (Å²) in [5.41, 5.74) is 4.93. The molecule has 0 spiro atoms. The molecule has 0 saturated carbocycles. The molecule has 122 valence electrons. The lowest BCUT2D eigenvalue weighted by atomic mass is 10.1. The summed E-state index contributed by atoms with van der Waals surface area (Å²) in [6.07, 6.45) is 6.58. The number of fused-ring (bicyclic) bond motifs is 2. The van der Waals surface area contributed by atoms with Crippen LogP contribution in [0, 0.1) is 0 Å². The Hall–Kier alpha value is -2.55. The first-order chi connectivity index (χ1) is 11.7. The van der Waals surface area contributed by atoms with Gasteiger partial charge in [0.1, 0.15) is 5.75 Å². The van der Waals surface area contributed by atoms with Gasteiger partial charge in [0.15, 0.2) is 0 Å². The molecule has 0 aromatic heterocycles. The van der Waals surface area contributed by atoms with Crippen molar-refractivity contribution in [2.24, 2.45) is 0 Å². The number of carbonyl (C=O) groups excluding carboxylic acids is 1. The predicted octanol–water partition coefficient (Wildman–Crippen LogP) is 3.78. The van der Waals surface area contributed by atoms with E-state index in [9.17, 15) is 4.79 Å². The lowest BCUT2D eigenvalue weighted by Gasteiger charge is -2.24. The Kier molecular flexibility index (Phi) is 3.85. The third kappa shape index (κ3) is 2.71. The summed E-state index contributed by atoms with van der Waals surface area (Å²) in [4.78, 5) is 14.4. The zero-order valence-electron chi connectivity index (χ0n) is 13.9.